The SMILES string of the molecule is COc1cc(C2CN(C(=O)c3c(O[C@@H](C)C(F)(F)F)ccc(C#N)c3OC)C2)ccc1C#N. The minimum atomic E-state index is -4.64. The number of halogens is 3. The third kappa shape index (κ3) is 4.65. The van der Waals surface area contributed by atoms with Crippen molar-refractivity contribution < 1.29 is 32.2 Å². The highest BCUT2D eigenvalue weighted by molar-refractivity contribution is 6.01. The predicted octanol–water partition coefficient (Wildman–Crippen LogP) is 4.02. The van der Waals surface area contributed by atoms with Crippen molar-refractivity contribution in [1.29, 1.82) is 10.5 Å². The topological polar surface area (TPSA) is 95.6 Å². The van der Waals surface area contributed by atoms with Gasteiger partial charge in [-0.1, -0.05) is 6.07 Å². The van der Waals surface area contributed by atoms with Gasteiger partial charge in [-0.2, -0.15) is 23.7 Å². The molecule has 10 heteroatoms. The summed E-state index contributed by atoms with van der Waals surface area (Å²) in [7, 11) is 2.68. The molecule has 1 aliphatic rings. The first-order valence-corrected chi connectivity index (χ1v) is 9.86. The van der Waals surface area contributed by atoms with Crippen LogP contribution < -0.4 is 14.2 Å². The normalized spacial score (nSPS) is 14.5. The fourth-order valence-electron chi connectivity index (χ4n) is 3.49. The van der Waals surface area contributed by atoms with Gasteiger partial charge in [0.15, 0.2) is 11.9 Å². The van der Waals surface area contributed by atoms with Crippen LogP contribution >= 0.6 is 0 Å². The number of nitrogens with zero attached hydrogens (tertiary/aromatic N) is 3. The maximum absolute atomic E-state index is 13.2. The second-order valence-electron chi connectivity index (χ2n) is 7.41. The van der Waals surface area contributed by atoms with Gasteiger partial charge in [-0.15, -0.1) is 0 Å². The second-order valence-corrected chi connectivity index (χ2v) is 7.41. The molecule has 33 heavy (non-hydrogen) atoms. The molecule has 0 spiro atoms. The average molecular weight is 459 g/mol. The number of nitriles is 2. The van der Waals surface area contributed by atoms with Gasteiger partial charge in [-0.05, 0) is 36.8 Å². The molecule has 1 aliphatic heterocycles. The van der Waals surface area contributed by atoms with Crippen molar-refractivity contribution in [1.82, 2.24) is 4.90 Å². The van der Waals surface area contributed by atoms with Gasteiger partial charge < -0.3 is 19.1 Å². The Bertz CT molecular complexity index is 1150. The van der Waals surface area contributed by atoms with E-state index in [0.717, 1.165) is 12.5 Å². The molecule has 2 aromatic rings. The Hall–Kier alpha value is -3.92. The van der Waals surface area contributed by atoms with E-state index in [1.165, 1.54) is 31.3 Å². The molecule has 0 unspecified atom stereocenters. The highest BCUT2D eigenvalue weighted by Crippen LogP contribution is 2.38. The zero-order valence-corrected chi connectivity index (χ0v) is 18.1. The number of carbonyl (C=O) groups excluding carboxylic acids is 1. The van der Waals surface area contributed by atoms with E-state index in [1.54, 1.807) is 18.2 Å². The summed E-state index contributed by atoms with van der Waals surface area (Å²) in [6.07, 6.45) is -6.81. The fraction of sp³-hybridized carbons (Fsp3) is 0.348. The minimum Gasteiger partial charge on any atom is -0.495 e. The predicted molar refractivity (Wildman–Crippen MR) is 110 cm³/mol. The van der Waals surface area contributed by atoms with Crippen LogP contribution in [0.5, 0.6) is 17.2 Å². The van der Waals surface area contributed by atoms with Gasteiger partial charge in [0.05, 0.1) is 25.3 Å². The zero-order chi connectivity index (χ0) is 24.3. The van der Waals surface area contributed by atoms with Crippen LogP contribution in [0.15, 0.2) is 30.3 Å². The molecule has 172 valence electrons. The molecule has 1 atom stereocenters. The smallest absolute Gasteiger partial charge is 0.425 e. The molecule has 1 fully saturated rings. The third-order valence-electron chi connectivity index (χ3n) is 5.41. The number of alkyl halides is 3. The van der Waals surface area contributed by atoms with Crippen LogP contribution in [0.25, 0.3) is 0 Å². The van der Waals surface area contributed by atoms with Crippen LogP contribution in [-0.4, -0.2) is 50.4 Å². The van der Waals surface area contributed by atoms with Gasteiger partial charge in [-0.3, -0.25) is 4.79 Å². The van der Waals surface area contributed by atoms with Crippen molar-refractivity contribution in [2.24, 2.45) is 0 Å². The van der Waals surface area contributed by atoms with Crippen molar-refractivity contribution in [2.75, 3.05) is 27.3 Å². The summed E-state index contributed by atoms with van der Waals surface area (Å²) in [6.45, 7) is 1.39. The van der Waals surface area contributed by atoms with E-state index in [-0.39, 0.29) is 41.6 Å². The Morgan fingerprint density at radius 1 is 1.06 bits per heavy atom. The molecule has 0 bridgehead atoms. The number of rotatable bonds is 6. The van der Waals surface area contributed by atoms with Gasteiger partial charge >= 0.3 is 6.18 Å². The van der Waals surface area contributed by atoms with E-state index >= 15 is 0 Å². The number of hydrogen-bond acceptors (Lipinski definition) is 6. The summed E-state index contributed by atoms with van der Waals surface area (Å²) >= 11 is 0. The number of benzene rings is 2. The minimum absolute atomic E-state index is 0.00163. The van der Waals surface area contributed by atoms with Gasteiger partial charge in [-0.25, -0.2) is 0 Å². The summed E-state index contributed by atoms with van der Waals surface area (Å²) in [5.74, 6) is -0.702. The van der Waals surface area contributed by atoms with Gasteiger partial charge in [0.1, 0.15) is 29.2 Å². The largest absolute Gasteiger partial charge is 0.495 e. The van der Waals surface area contributed by atoms with Crippen LogP contribution in [0.1, 0.15) is 39.9 Å². The Balaban J connectivity index is 1.88. The standard InChI is InChI=1S/C23H20F3N3O4/c1-13(23(24,25)26)33-18-7-6-16(10-28)21(32-3)20(18)22(30)29-11-17(12-29)14-4-5-15(9-27)19(8-14)31-2/h4-8,13,17H,11-12H2,1-3H3/t13-/m0/s1. The molecular formula is C23H20F3N3O4. The molecule has 0 radical (unpaired) electrons. The van der Waals surface area contributed by atoms with Crippen molar-refractivity contribution in [3.8, 4) is 29.4 Å². The number of ether oxygens (including phenoxy) is 3. The van der Waals surface area contributed by atoms with Gasteiger partial charge in [0, 0.05) is 19.0 Å². The van der Waals surface area contributed by atoms with Crippen molar-refractivity contribution in [3.05, 3.63) is 52.6 Å². The van der Waals surface area contributed by atoms with Crippen LogP contribution in [0.3, 0.4) is 0 Å². The summed E-state index contributed by atoms with van der Waals surface area (Å²) in [6, 6.07) is 11.4. The van der Waals surface area contributed by atoms with Crippen LogP contribution in [0.2, 0.25) is 0 Å². The number of carbonyl (C=O) groups is 1. The molecule has 3 rings (SSSR count). The Labute approximate surface area is 188 Å². The first kappa shape index (κ1) is 23.7. The molecule has 0 aromatic heterocycles. The Morgan fingerprint density at radius 2 is 1.70 bits per heavy atom. The first-order valence-electron chi connectivity index (χ1n) is 9.86. The number of amides is 1. The van der Waals surface area contributed by atoms with E-state index in [4.69, 9.17) is 19.5 Å². The highest BCUT2D eigenvalue weighted by Gasteiger charge is 2.40. The van der Waals surface area contributed by atoms with Crippen molar-refractivity contribution in [2.45, 2.75) is 25.1 Å². The van der Waals surface area contributed by atoms with E-state index in [2.05, 4.69) is 0 Å². The lowest BCUT2D eigenvalue weighted by Gasteiger charge is -2.40. The molecule has 0 aliphatic carbocycles. The van der Waals surface area contributed by atoms with E-state index in [9.17, 15) is 23.2 Å². The molecule has 0 saturated carbocycles. The molecule has 2 aromatic carbocycles. The van der Waals surface area contributed by atoms with Crippen LogP contribution in [0, 0.1) is 22.7 Å². The molecule has 1 saturated heterocycles. The maximum atomic E-state index is 13.2. The first-order chi connectivity index (χ1) is 15.6. The van der Waals surface area contributed by atoms with Crippen LogP contribution in [-0.2, 0) is 0 Å². The van der Waals surface area contributed by atoms with Crippen molar-refractivity contribution >= 4 is 5.91 Å². The van der Waals surface area contributed by atoms with Gasteiger partial charge in [0.25, 0.3) is 5.91 Å². The summed E-state index contributed by atoms with van der Waals surface area (Å²) in [5.41, 5.74) is 1.01. The molecule has 0 N–H and O–H groups in total. The average Bonchev–Trinajstić information content (AvgIpc) is 2.76. The molecule has 1 heterocycles. The lowest BCUT2D eigenvalue weighted by Crippen LogP contribution is -2.48. The summed E-state index contributed by atoms with van der Waals surface area (Å²) in [4.78, 5) is 14.7. The van der Waals surface area contributed by atoms with E-state index in [0.29, 0.717) is 11.3 Å². The monoisotopic (exact) mass is 459 g/mol. The van der Waals surface area contributed by atoms with E-state index < -0.39 is 18.2 Å². The summed E-state index contributed by atoms with van der Waals surface area (Å²) < 4.78 is 54.6. The van der Waals surface area contributed by atoms with Crippen molar-refractivity contribution in [3.63, 3.8) is 0 Å². The quantitative estimate of drug-likeness (QED) is 0.648. The van der Waals surface area contributed by atoms with E-state index in [1.807, 2.05) is 12.1 Å². The lowest BCUT2D eigenvalue weighted by atomic mass is 9.89. The Kier molecular flexibility index (Phi) is 6.68. The zero-order valence-electron chi connectivity index (χ0n) is 18.1. The highest BCUT2D eigenvalue weighted by atomic mass is 19.4. The lowest BCUT2D eigenvalue weighted by molar-refractivity contribution is -0.189. The third-order valence-corrected chi connectivity index (χ3v) is 5.41. The second kappa shape index (κ2) is 9.29. The van der Waals surface area contributed by atoms with Crippen LogP contribution in [0.4, 0.5) is 13.2 Å². The number of methoxy groups -OCH3 is 2. The summed E-state index contributed by atoms with van der Waals surface area (Å²) in [5, 5.41) is 18.5. The Morgan fingerprint density at radius 3 is 2.24 bits per heavy atom. The molecule has 1 amide bonds. The fourth-order valence-corrected chi connectivity index (χ4v) is 3.49. The number of likely N-dealkylation sites (tertiary alicyclic amines) is 1. The molecular weight excluding hydrogens is 439 g/mol. The maximum Gasteiger partial charge on any atom is 0.425 e. The molecule has 7 nitrogen and oxygen atoms in total. The number of hydrogen-bond donors (Lipinski definition) is 0. The van der Waals surface area contributed by atoms with Gasteiger partial charge in [0.2, 0.25) is 0 Å².